The van der Waals surface area contributed by atoms with Crippen LogP contribution in [0.4, 0.5) is 32.0 Å². The van der Waals surface area contributed by atoms with E-state index >= 15 is 0 Å². The highest BCUT2D eigenvalue weighted by Crippen LogP contribution is 2.39. The minimum absolute atomic E-state index is 0.00140. The summed E-state index contributed by atoms with van der Waals surface area (Å²) < 4.78 is 80.4. The second kappa shape index (κ2) is 9.05. The van der Waals surface area contributed by atoms with E-state index in [2.05, 4.69) is 30.6 Å². The zero-order valence-corrected chi connectivity index (χ0v) is 18.3. The third kappa shape index (κ3) is 5.29. The molecule has 0 radical (unpaired) electrons. The maximum atomic E-state index is 13.5. The van der Waals surface area contributed by atoms with Gasteiger partial charge in [-0.15, -0.1) is 10.2 Å². The van der Waals surface area contributed by atoms with Crippen molar-refractivity contribution < 1.29 is 31.1 Å². The molecule has 8 nitrogen and oxygen atoms in total. The lowest BCUT2D eigenvalue weighted by Crippen LogP contribution is -2.17. The van der Waals surface area contributed by atoms with Gasteiger partial charge in [0.05, 0.1) is 29.1 Å². The van der Waals surface area contributed by atoms with Crippen LogP contribution in [0.2, 0.25) is 0 Å². The van der Waals surface area contributed by atoms with Crippen molar-refractivity contribution in [1.29, 1.82) is 0 Å². The van der Waals surface area contributed by atoms with E-state index in [1.54, 1.807) is 6.07 Å². The number of anilines is 1. The molecule has 4 aromatic rings. The summed E-state index contributed by atoms with van der Waals surface area (Å²) in [5.74, 6) is -0.638. The minimum Gasteiger partial charge on any atom is -0.317 e. The number of halogens is 6. The minimum atomic E-state index is -5.02. The summed E-state index contributed by atoms with van der Waals surface area (Å²) >= 11 is 0.963. The van der Waals surface area contributed by atoms with Gasteiger partial charge in [0.15, 0.2) is 5.01 Å². The molecule has 1 atom stereocenters. The summed E-state index contributed by atoms with van der Waals surface area (Å²) in [5, 5.41) is 14.5. The van der Waals surface area contributed by atoms with Gasteiger partial charge in [-0.25, -0.2) is 9.97 Å². The van der Waals surface area contributed by atoms with Crippen LogP contribution in [-0.2, 0) is 12.4 Å². The largest absolute Gasteiger partial charge is 0.416 e. The number of rotatable bonds is 5. The van der Waals surface area contributed by atoms with Crippen molar-refractivity contribution in [2.75, 3.05) is 5.32 Å². The fourth-order valence-electron chi connectivity index (χ4n) is 3.12. The quantitative estimate of drug-likeness (QED) is 0.374. The van der Waals surface area contributed by atoms with Crippen LogP contribution in [0.1, 0.15) is 39.5 Å². The van der Waals surface area contributed by atoms with Gasteiger partial charge < -0.3 is 5.32 Å². The summed E-state index contributed by atoms with van der Waals surface area (Å²) in [6.07, 6.45) is -4.69. The highest BCUT2D eigenvalue weighted by atomic mass is 32.1. The van der Waals surface area contributed by atoms with Crippen LogP contribution in [0.15, 0.2) is 49.2 Å². The van der Waals surface area contributed by atoms with Gasteiger partial charge >= 0.3 is 12.4 Å². The molecule has 0 fully saturated rings. The number of nitrogens with one attached hydrogen (secondary N) is 1. The highest BCUT2D eigenvalue weighted by molar-refractivity contribution is 7.16. The number of alkyl halides is 6. The molecule has 0 saturated heterocycles. The lowest BCUT2D eigenvalue weighted by molar-refractivity contribution is -0.143. The first-order valence-corrected chi connectivity index (χ1v) is 10.5. The highest BCUT2D eigenvalue weighted by Gasteiger charge is 2.39. The van der Waals surface area contributed by atoms with Gasteiger partial charge in [-0.05, 0) is 30.7 Å². The average molecular weight is 513 g/mol. The Kier molecular flexibility index (Phi) is 6.27. The number of hydrogen-bond acceptors (Lipinski definition) is 7. The monoisotopic (exact) mass is 513 g/mol. The van der Waals surface area contributed by atoms with Crippen molar-refractivity contribution in [3.63, 3.8) is 0 Å². The molecule has 35 heavy (non-hydrogen) atoms. The zero-order chi connectivity index (χ0) is 25.4. The molecular formula is C20H13F6N7OS. The fraction of sp³-hybridized carbons (Fsp3) is 0.200. The summed E-state index contributed by atoms with van der Waals surface area (Å²) in [5.41, 5.74) is -2.64. The van der Waals surface area contributed by atoms with Crippen LogP contribution in [-0.4, -0.2) is 35.9 Å². The summed E-state index contributed by atoms with van der Waals surface area (Å²) in [6, 6.07) is 1.92. The first kappa shape index (κ1) is 24.3. The van der Waals surface area contributed by atoms with Crippen LogP contribution in [0.3, 0.4) is 0 Å². The number of carbonyl (C=O) groups is 1. The van der Waals surface area contributed by atoms with Crippen LogP contribution in [0.25, 0.3) is 10.7 Å². The van der Waals surface area contributed by atoms with E-state index in [1.807, 2.05) is 0 Å². The molecule has 0 aliphatic rings. The molecule has 0 spiro atoms. The molecule has 0 bridgehead atoms. The van der Waals surface area contributed by atoms with Gasteiger partial charge in [-0.1, -0.05) is 17.4 Å². The van der Waals surface area contributed by atoms with Gasteiger partial charge in [0.25, 0.3) is 5.91 Å². The van der Waals surface area contributed by atoms with E-state index in [-0.39, 0.29) is 16.8 Å². The van der Waals surface area contributed by atoms with Crippen molar-refractivity contribution in [2.45, 2.75) is 25.3 Å². The maximum absolute atomic E-state index is 13.5. The van der Waals surface area contributed by atoms with Crippen LogP contribution < -0.4 is 5.32 Å². The Bertz CT molecular complexity index is 1350. The number of carbonyl (C=O) groups excluding carboxylic acids is 1. The fourth-order valence-corrected chi connectivity index (χ4v) is 3.84. The van der Waals surface area contributed by atoms with Crippen LogP contribution >= 0.6 is 11.3 Å². The molecule has 182 valence electrons. The van der Waals surface area contributed by atoms with E-state index in [0.717, 1.165) is 22.1 Å². The molecule has 3 aromatic heterocycles. The molecule has 0 saturated carbocycles. The van der Waals surface area contributed by atoms with Gasteiger partial charge in [0.1, 0.15) is 12.0 Å². The van der Waals surface area contributed by atoms with E-state index in [9.17, 15) is 31.1 Å². The average Bonchev–Trinajstić information content (AvgIpc) is 3.48. The topological polar surface area (TPSA) is 98.5 Å². The summed E-state index contributed by atoms with van der Waals surface area (Å²) in [4.78, 5) is 20.3. The Hall–Kier alpha value is -3.88. The van der Waals surface area contributed by atoms with Crippen molar-refractivity contribution in [1.82, 2.24) is 29.9 Å². The molecule has 1 unspecified atom stereocenters. The number of amides is 1. The smallest absolute Gasteiger partial charge is 0.317 e. The van der Waals surface area contributed by atoms with Crippen LogP contribution in [0, 0.1) is 0 Å². The number of benzene rings is 1. The predicted octanol–water partition coefficient (Wildman–Crippen LogP) is 5.09. The molecule has 0 aliphatic carbocycles. The molecule has 0 aliphatic heterocycles. The number of hydrogen-bond donors (Lipinski definition) is 1. The van der Waals surface area contributed by atoms with Crippen molar-refractivity contribution in [2.24, 2.45) is 0 Å². The van der Waals surface area contributed by atoms with E-state index in [0.29, 0.717) is 16.8 Å². The Morgan fingerprint density at radius 2 is 1.86 bits per heavy atom. The Labute approximate surface area is 196 Å². The molecule has 1 aromatic carbocycles. The zero-order valence-electron chi connectivity index (χ0n) is 17.5. The van der Waals surface area contributed by atoms with E-state index in [1.165, 1.54) is 31.8 Å². The lowest BCUT2D eigenvalue weighted by atomic mass is 9.98. The van der Waals surface area contributed by atoms with Gasteiger partial charge in [-0.2, -0.15) is 31.4 Å². The molecular weight excluding hydrogens is 500 g/mol. The van der Waals surface area contributed by atoms with E-state index in [4.69, 9.17) is 0 Å². The third-order valence-corrected chi connectivity index (χ3v) is 5.76. The Balaban J connectivity index is 1.54. The predicted molar refractivity (Wildman–Crippen MR) is 111 cm³/mol. The van der Waals surface area contributed by atoms with Gasteiger partial charge in [0, 0.05) is 12.4 Å². The van der Waals surface area contributed by atoms with Gasteiger partial charge in [-0.3, -0.25) is 9.48 Å². The van der Waals surface area contributed by atoms with Crippen molar-refractivity contribution in [3.05, 3.63) is 70.9 Å². The molecule has 3 heterocycles. The molecule has 1 amide bonds. The third-order valence-electron chi connectivity index (χ3n) is 4.81. The standard InChI is InChI=1S/C20H13F6N7OS/c1-10(13-3-2-11(19(21,22)23)6-14(13)20(24,25)26)33-8-12(7-29-33)30-16(34)18-32-31-17(35-18)15-4-5-27-9-28-15/h2-10H,1H3,(H,30,34). The second-order valence-corrected chi connectivity index (χ2v) is 8.12. The number of nitrogens with zero attached hydrogens (tertiary/aromatic N) is 6. The molecule has 4 rings (SSSR count). The maximum Gasteiger partial charge on any atom is 0.416 e. The summed E-state index contributed by atoms with van der Waals surface area (Å²) in [6.45, 7) is 1.34. The molecule has 15 heteroatoms. The van der Waals surface area contributed by atoms with E-state index < -0.39 is 41.0 Å². The first-order valence-electron chi connectivity index (χ1n) is 9.67. The summed E-state index contributed by atoms with van der Waals surface area (Å²) in [7, 11) is 0. The van der Waals surface area contributed by atoms with Crippen molar-refractivity contribution in [3.8, 4) is 10.7 Å². The number of aromatic nitrogens is 6. The lowest BCUT2D eigenvalue weighted by Gasteiger charge is -2.20. The SMILES string of the molecule is CC(c1ccc(C(F)(F)F)cc1C(F)(F)F)n1cc(NC(=O)c2nnc(-c3ccncn3)s2)cn1. The molecule has 1 N–H and O–H groups in total. The Morgan fingerprint density at radius 3 is 2.51 bits per heavy atom. The van der Waals surface area contributed by atoms with Crippen LogP contribution in [0.5, 0.6) is 0 Å². The Morgan fingerprint density at radius 1 is 1.09 bits per heavy atom. The second-order valence-electron chi connectivity index (χ2n) is 7.14. The first-order chi connectivity index (χ1) is 16.4. The normalized spacial score (nSPS) is 13.0. The van der Waals surface area contributed by atoms with Gasteiger partial charge in [0.2, 0.25) is 5.01 Å². The van der Waals surface area contributed by atoms with Crippen molar-refractivity contribution >= 4 is 22.9 Å².